The molecule has 0 N–H and O–H groups in total. The first-order valence-corrected chi connectivity index (χ1v) is 9.38. The van der Waals surface area contributed by atoms with Gasteiger partial charge in [-0.15, -0.1) is 0 Å². The van der Waals surface area contributed by atoms with Crippen LogP contribution in [0.25, 0.3) is 0 Å². The van der Waals surface area contributed by atoms with E-state index >= 15 is 0 Å². The Morgan fingerprint density at radius 2 is 2.00 bits per heavy atom. The summed E-state index contributed by atoms with van der Waals surface area (Å²) in [5.74, 6) is -0.0479. The van der Waals surface area contributed by atoms with Crippen LogP contribution in [0.3, 0.4) is 0 Å². The normalized spacial score (nSPS) is 23.1. The maximum absolute atomic E-state index is 13.2. The predicted octanol–water partition coefficient (Wildman–Crippen LogP) is 2.55. The number of rotatable bonds is 2. The molecule has 148 valence electrons. The second-order valence-electron chi connectivity index (χ2n) is 7.40. The van der Waals surface area contributed by atoms with Crippen LogP contribution in [0.2, 0.25) is 0 Å². The minimum Gasteiger partial charge on any atom is -0.363 e. The number of nitrogens with zero attached hydrogens (tertiary/aromatic N) is 3. The van der Waals surface area contributed by atoms with Crippen LogP contribution in [0.5, 0.6) is 0 Å². The fourth-order valence-corrected chi connectivity index (χ4v) is 3.87. The maximum atomic E-state index is 13.2. The van der Waals surface area contributed by atoms with Gasteiger partial charge in [0.15, 0.2) is 5.69 Å². The second kappa shape index (κ2) is 7.35. The lowest BCUT2D eigenvalue weighted by atomic mass is 9.92. The second-order valence-corrected chi connectivity index (χ2v) is 7.40. The average Bonchev–Trinajstić information content (AvgIpc) is 3.02. The Hall–Kier alpha value is -2.74. The summed E-state index contributed by atoms with van der Waals surface area (Å²) in [5, 5.41) is 3.81. The zero-order valence-corrected chi connectivity index (χ0v) is 15.7. The molecule has 0 saturated carbocycles. The maximum Gasteiger partial charge on any atom is 0.276 e. The van der Waals surface area contributed by atoms with Crippen LogP contribution in [0.4, 0.5) is 10.1 Å². The van der Waals surface area contributed by atoms with Gasteiger partial charge in [-0.05, 0) is 50.5 Å². The Morgan fingerprint density at radius 1 is 1.21 bits per heavy atom. The van der Waals surface area contributed by atoms with E-state index in [0.29, 0.717) is 43.2 Å². The molecule has 1 unspecified atom stereocenters. The SMILES string of the molecule is Cc1cc(C(=O)N2CCCC3(CC2)CN(c2ccc(F)cc2)C(=O)CO3)no1. The molecule has 2 amide bonds. The van der Waals surface area contributed by atoms with Gasteiger partial charge in [-0.2, -0.15) is 0 Å². The monoisotopic (exact) mass is 387 g/mol. The van der Waals surface area contributed by atoms with E-state index in [9.17, 15) is 14.0 Å². The lowest BCUT2D eigenvalue weighted by Gasteiger charge is -2.42. The lowest BCUT2D eigenvalue weighted by molar-refractivity contribution is -0.140. The summed E-state index contributed by atoms with van der Waals surface area (Å²) in [7, 11) is 0. The van der Waals surface area contributed by atoms with Crippen molar-refractivity contribution in [1.29, 1.82) is 0 Å². The van der Waals surface area contributed by atoms with Crippen molar-refractivity contribution >= 4 is 17.5 Å². The number of amides is 2. The van der Waals surface area contributed by atoms with Crippen LogP contribution >= 0.6 is 0 Å². The smallest absolute Gasteiger partial charge is 0.276 e. The molecule has 2 aliphatic rings. The molecule has 28 heavy (non-hydrogen) atoms. The molecule has 3 heterocycles. The molecule has 1 atom stereocenters. The fraction of sp³-hybridized carbons (Fsp3) is 0.450. The number of anilines is 1. The summed E-state index contributed by atoms with van der Waals surface area (Å²) in [4.78, 5) is 28.5. The third-order valence-corrected chi connectivity index (χ3v) is 5.42. The number of ether oxygens (including phenoxy) is 1. The van der Waals surface area contributed by atoms with Crippen molar-refractivity contribution < 1.29 is 23.2 Å². The minimum absolute atomic E-state index is 0.0200. The molecule has 0 radical (unpaired) electrons. The standard InChI is InChI=1S/C20H22FN3O4/c1-14-11-17(22-28-14)19(26)23-9-2-7-20(8-10-23)13-24(18(25)12-27-20)16-5-3-15(21)4-6-16/h3-6,11H,2,7-10,12-13H2,1H3. The topological polar surface area (TPSA) is 75.9 Å². The molecule has 2 aromatic rings. The molecule has 2 saturated heterocycles. The molecule has 1 aromatic heterocycles. The number of aromatic nitrogens is 1. The highest BCUT2D eigenvalue weighted by atomic mass is 19.1. The largest absolute Gasteiger partial charge is 0.363 e. The summed E-state index contributed by atoms with van der Waals surface area (Å²) >= 11 is 0. The van der Waals surface area contributed by atoms with Crippen LogP contribution in [-0.4, -0.2) is 53.7 Å². The Morgan fingerprint density at radius 3 is 2.71 bits per heavy atom. The summed E-state index contributed by atoms with van der Waals surface area (Å²) in [6.07, 6.45) is 2.11. The van der Waals surface area contributed by atoms with Crippen molar-refractivity contribution in [3.63, 3.8) is 0 Å². The third kappa shape index (κ3) is 3.64. The number of carbonyl (C=O) groups is 2. The zero-order valence-electron chi connectivity index (χ0n) is 15.7. The van der Waals surface area contributed by atoms with E-state index in [1.165, 1.54) is 12.1 Å². The van der Waals surface area contributed by atoms with Gasteiger partial charge in [-0.3, -0.25) is 9.59 Å². The van der Waals surface area contributed by atoms with Crippen molar-refractivity contribution in [3.05, 3.63) is 47.6 Å². The molecular formula is C20H22FN3O4. The Balaban J connectivity index is 1.48. The molecule has 1 aromatic carbocycles. The summed E-state index contributed by atoms with van der Waals surface area (Å²) in [6.45, 7) is 3.23. The number of likely N-dealkylation sites (tertiary alicyclic amines) is 1. The molecule has 2 aliphatic heterocycles. The van der Waals surface area contributed by atoms with Crippen molar-refractivity contribution in [3.8, 4) is 0 Å². The molecule has 0 bridgehead atoms. The van der Waals surface area contributed by atoms with Crippen LogP contribution in [0, 0.1) is 12.7 Å². The van der Waals surface area contributed by atoms with Gasteiger partial charge in [0.05, 0.1) is 12.1 Å². The van der Waals surface area contributed by atoms with Crippen LogP contribution in [0.1, 0.15) is 35.5 Å². The molecule has 1 spiro atoms. The van der Waals surface area contributed by atoms with E-state index in [4.69, 9.17) is 9.26 Å². The highest BCUT2D eigenvalue weighted by Crippen LogP contribution is 2.33. The number of halogens is 1. The van der Waals surface area contributed by atoms with Gasteiger partial charge in [0.1, 0.15) is 18.2 Å². The van der Waals surface area contributed by atoms with E-state index < -0.39 is 5.60 Å². The Labute approximate surface area is 162 Å². The van der Waals surface area contributed by atoms with Crippen LogP contribution < -0.4 is 4.90 Å². The van der Waals surface area contributed by atoms with Gasteiger partial charge in [-0.25, -0.2) is 4.39 Å². The highest BCUT2D eigenvalue weighted by Gasteiger charge is 2.42. The van der Waals surface area contributed by atoms with Crippen LogP contribution in [-0.2, 0) is 9.53 Å². The first-order chi connectivity index (χ1) is 13.5. The number of morpholine rings is 1. The van der Waals surface area contributed by atoms with E-state index in [1.807, 2.05) is 0 Å². The van der Waals surface area contributed by atoms with E-state index in [-0.39, 0.29) is 24.2 Å². The minimum atomic E-state index is -0.517. The third-order valence-electron chi connectivity index (χ3n) is 5.42. The van der Waals surface area contributed by atoms with Gasteiger partial charge in [0.25, 0.3) is 11.8 Å². The van der Waals surface area contributed by atoms with Crippen molar-refractivity contribution in [2.75, 3.05) is 31.1 Å². The van der Waals surface area contributed by atoms with E-state index in [2.05, 4.69) is 5.16 Å². The average molecular weight is 387 g/mol. The van der Waals surface area contributed by atoms with Gasteiger partial charge >= 0.3 is 0 Å². The van der Waals surface area contributed by atoms with Crippen LogP contribution in [0.15, 0.2) is 34.9 Å². The van der Waals surface area contributed by atoms with E-state index in [1.54, 1.807) is 34.9 Å². The molecule has 0 aliphatic carbocycles. The quantitative estimate of drug-likeness (QED) is 0.792. The summed E-state index contributed by atoms with van der Waals surface area (Å²) in [6, 6.07) is 7.53. The lowest BCUT2D eigenvalue weighted by Crippen LogP contribution is -2.55. The Kier molecular flexibility index (Phi) is 4.89. The molecule has 4 rings (SSSR count). The van der Waals surface area contributed by atoms with Gasteiger partial charge < -0.3 is 19.1 Å². The number of benzene rings is 1. The first-order valence-electron chi connectivity index (χ1n) is 9.38. The predicted molar refractivity (Wildman–Crippen MR) is 98.4 cm³/mol. The Bertz CT molecular complexity index is 882. The summed E-state index contributed by atoms with van der Waals surface area (Å²) in [5.41, 5.74) is 0.447. The zero-order chi connectivity index (χ0) is 19.7. The van der Waals surface area contributed by atoms with E-state index in [0.717, 1.165) is 12.8 Å². The van der Waals surface area contributed by atoms with Gasteiger partial charge in [0.2, 0.25) is 0 Å². The van der Waals surface area contributed by atoms with Crippen molar-refractivity contribution in [2.24, 2.45) is 0 Å². The number of hydrogen-bond donors (Lipinski definition) is 0. The number of carbonyl (C=O) groups excluding carboxylic acids is 2. The van der Waals surface area contributed by atoms with Crippen molar-refractivity contribution in [1.82, 2.24) is 10.1 Å². The molecular weight excluding hydrogens is 365 g/mol. The molecule has 8 heteroatoms. The first kappa shape index (κ1) is 18.6. The van der Waals surface area contributed by atoms with Crippen molar-refractivity contribution in [2.45, 2.75) is 31.8 Å². The van der Waals surface area contributed by atoms with Gasteiger partial charge in [-0.1, -0.05) is 5.16 Å². The van der Waals surface area contributed by atoms with Gasteiger partial charge in [0, 0.05) is 24.8 Å². The fourth-order valence-electron chi connectivity index (χ4n) is 3.87. The molecule has 2 fully saturated rings. The summed E-state index contributed by atoms with van der Waals surface area (Å²) < 4.78 is 24.2. The highest BCUT2D eigenvalue weighted by molar-refractivity contribution is 5.95. The number of hydrogen-bond acceptors (Lipinski definition) is 5. The number of aryl methyl sites for hydroxylation is 1. The molecule has 7 nitrogen and oxygen atoms in total.